The van der Waals surface area contributed by atoms with Crippen LogP contribution in [0.2, 0.25) is 0 Å². The van der Waals surface area contributed by atoms with Gasteiger partial charge >= 0.3 is 0 Å². The molecule has 2 N–H and O–H groups in total. The topological polar surface area (TPSA) is 76.1 Å². The Labute approximate surface area is 155 Å². The van der Waals surface area contributed by atoms with E-state index < -0.39 is 0 Å². The second kappa shape index (κ2) is 7.11. The number of amides is 1. The number of thiophene rings is 1. The number of ether oxygens (including phenoxy) is 1. The van der Waals surface area contributed by atoms with Crippen LogP contribution in [0.25, 0.3) is 0 Å². The van der Waals surface area contributed by atoms with Crippen molar-refractivity contribution in [3.63, 3.8) is 0 Å². The first-order chi connectivity index (χ1) is 12.2. The van der Waals surface area contributed by atoms with E-state index in [1.807, 2.05) is 6.92 Å². The van der Waals surface area contributed by atoms with E-state index in [0.29, 0.717) is 6.54 Å². The van der Waals surface area contributed by atoms with E-state index in [-0.39, 0.29) is 11.5 Å². The molecule has 2 aliphatic rings. The van der Waals surface area contributed by atoms with Crippen LogP contribution in [0.3, 0.4) is 0 Å². The van der Waals surface area contributed by atoms with Crippen molar-refractivity contribution in [2.24, 2.45) is 0 Å². The molecule has 0 saturated carbocycles. The van der Waals surface area contributed by atoms with E-state index in [9.17, 15) is 4.79 Å². The lowest BCUT2D eigenvalue weighted by Gasteiger charge is -2.40. The summed E-state index contributed by atoms with van der Waals surface area (Å²) in [4.78, 5) is 14.6. The molecule has 0 radical (unpaired) electrons. The van der Waals surface area contributed by atoms with E-state index >= 15 is 0 Å². The Morgan fingerprint density at radius 1 is 1.36 bits per heavy atom. The van der Waals surface area contributed by atoms with Gasteiger partial charge in [0.25, 0.3) is 5.91 Å². The molecule has 8 heteroatoms. The van der Waals surface area contributed by atoms with Gasteiger partial charge in [-0.05, 0) is 50.9 Å². The molecule has 1 fully saturated rings. The molecule has 4 heterocycles. The summed E-state index contributed by atoms with van der Waals surface area (Å²) in [5.41, 5.74) is 1.12. The molecule has 1 spiro atoms. The lowest BCUT2D eigenvalue weighted by molar-refractivity contribution is -0.0771. The molecule has 4 rings (SSSR count). The molecular formula is C17H22N4O2S2. The zero-order valence-electron chi connectivity index (χ0n) is 14.3. The van der Waals surface area contributed by atoms with Crippen LogP contribution in [-0.4, -0.2) is 42.3 Å². The van der Waals surface area contributed by atoms with Gasteiger partial charge in [0, 0.05) is 17.8 Å². The molecule has 0 aromatic carbocycles. The Morgan fingerprint density at radius 2 is 2.20 bits per heavy atom. The van der Waals surface area contributed by atoms with Crippen LogP contribution in [0.1, 0.15) is 43.0 Å². The molecule has 0 aliphatic carbocycles. The minimum Gasteiger partial charge on any atom is -0.369 e. The summed E-state index contributed by atoms with van der Waals surface area (Å²) in [5, 5.41) is 16.4. The normalized spacial score (nSPS) is 18.9. The SMILES string of the molecule is Cc1nnc(CCNC(=O)c2cc3c(s2)C2(CCNCC2)OCC3)s1. The molecule has 2 aromatic rings. The van der Waals surface area contributed by atoms with Crippen molar-refractivity contribution in [3.8, 4) is 0 Å². The van der Waals surface area contributed by atoms with Crippen LogP contribution >= 0.6 is 22.7 Å². The van der Waals surface area contributed by atoms with E-state index in [2.05, 4.69) is 26.9 Å². The monoisotopic (exact) mass is 378 g/mol. The molecular weight excluding hydrogens is 356 g/mol. The first-order valence-corrected chi connectivity index (χ1v) is 10.3. The van der Waals surface area contributed by atoms with Gasteiger partial charge in [-0.15, -0.1) is 32.9 Å². The summed E-state index contributed by atoms with van der Waals surface area (Å²) in [6.07, 6.45) is 3.59. The fraction of sp³-hybridized carbons (Fsp3) is 0.588. The van der Waals surface area contributed by atoms with Gasteiger partial charge in [0.15, 0.2) is 0 Å². The van der Waals surface area contributed by atoms with Crippen LogP contribution in [0, 0.1) is 6.92 Å². The van der Waals surface area contributed by atoms with Gasteiger partial charge in [-0.25, -0.2) is 0 Å². The average Bonchev–Trinajstić information content (AvgIpc) is 3.23. The van der Waals surface area contributed by atoms with Gasteiger partial charge in [-0.3, -0.25) is 4.79 Å². The molecule has 2 aliphatic heterocycles. The second-order valence-corrected chi connectivity index (χ2v) is 8.85. The summed E-state index contributed by atoms with van der Waals surface area (Å²) in [6, 6.07) is 2.07. The fourth-order valence-corrected chi connectivity index (χ4v) is 5.58. The van der Waals surface area contributed by atoms with Crippen LogP contribution in [0.15, 0.2) is 6.07 Å². The average molecular weight is 379 g/mol. The van der Waals surface area contributed by atoms with Crippen molar-refractivity contribution < 1.29 is 9.53 Å². The number of hydrogen-bond donors (Lipinski definition) is 2. The van der Waals surface area contributed by atoms with E-state index in [4.69, 9.17) is 4.74 Å². The highest BCUT2D eigenvalue weighted by molar-refractivity contribution is 7.14. The van der Waals surface area contributed by atoms with Gasteiger partial charge in [0.2, 0.25) is 0 Å². The molecule has 1 saturated heterocycles. The molecule has 134 valence electrons. The smallest absolute Gasteiger partial charge is 0.261 e. The number of carbonyl (C=O) groups excluding carboxylic acids is 1. The molecule has 0 atom stereocenters. The van der Waals surface area contributed by atoms with Crippen molar-refractivity contribution in [1.29, 1.82) is 0 Å². The van der Waals surface area contributed by atoms with Crippen molar-refractivity contribution in [2.45, 2.75) is 38.2 Å². The van der Waals surface area contributed by atoms with Crippen molar-refractivity contribution in [1.82, 2.24) is 20.8 Å². The molecule has 2 aromatic heterocycles. The van der Waals surface area contributed by atoms with Gasteiger partial charge < -0.3 is 15.4 Å². The number of fused-ring (bicyclic) bond motifs is 2. The Balaban J connectivity index is 1.43. The first-order valence-electron chi connectivity index (χ1n) is 8.71. The van der Waals surface area contributed by atoms with Crippen LogP contribution in [0.5, 0.6) is 0 Å². The lowest BCUT2D eigenvalue weighted by atomic mass is 9.86. The van der Waals surface area contributed by atoms with Crippen molar-refractivity contribution >= 4 is 28.6 Å². The van der Waals surface area contributed by atoms with Gasteiger partial charge in [-0.1, -0.05) is 0 Å². The van der Waals surface area contributed by atoms with E-state index in [1.54, 1.807) is 22.7 Å². The second-order valence-electron chi connectivity index (χ2n) is 6.53. The Morgan fingerprint density at radius 3 is 2.96 bits per heavy atom. The van der Waals surface area contributed by atoms with Crippen molar-refractivity contribution in [3.05, 3.63) is 31.4 Å². The van der Waals surface area contributed by atoms with Gasteiger partial charge in [0.05, 0.1) is 11.5 Å². The fourth-order valence-electron chi connectivity index (χ4n) is 3.54. The highest BCUT2D eigenvalue weighted by atomic mass is 32.1. The quantitative estimate of drug-likeness (QED) is 0.851. The number of aryl methyl sites for hydroxylation is 1. The standard InChI is InChI=1S/C17H22N4O2S2/c1-11-20-21-14(24-11)2-6-19-16(22)13-10-12-3-9-23-17(15(12)25-13)4-7-18-8-5-17/h10,18H,2-9H2,1H3,(H,19,22). The molecule has 0 bridgehead atoms. The molecule has 0 unspecified atom stereocenters. The van der Waals surface area contributed by atoms with Crippen LogP contribution in [0.4, 0.5) is 0 Å². The minimum atomic E-state index is -0.174. The number of carbonyl (C=O) groups is 1. The van der Waals surface area contributed by atoms with Crippen molar-refractivity contribution in [2.75, 3.05) is 26.2 Å². The summed E-state index contributed by atoms with van der Waals surface area (Å²) in [5.74, 6) is 0.00437. The largest absolute Gasteiger partial charge is 0.369 e. The maximum atomic E-state index is 12.5. The third-order valence-corrected chi connectivity index (χ3v) is 7.06. The number of aromatic nitrogens is 2. The summed E-state index contributed by atoms with van der Waals surface area (Å²) >= 11 is 3.19. The maximum Gasteiger partial charge on any atom is 0.261 e. The Hall–Kier alpha value is -1.35. The van der Waals surface area contributed by atoms with E-state index in [1.165, 1.54) is 10.4 Å². The summed E-state index contributed by atoms with van der Waals surface area (Å²) < 4.78 is 6.19. The molecule has 25 heavy (non-hydrogen) atoms. The Bertz CT molecular complexity index is 765. The zero-order valence-corrected chi connectivity index (χ0v) is 15.9. The Kier molecular flexibility index (Phi) is 4.86. The van der Waals surface area contributed by atoms with Crippen LogP contribution in [-0.2, 0) is 23.2 Å². The number of hydrogen-bond acceptors (Lipinski definition) is 7. The number of piperidine rings is 1. The molecule has 6 nitrogen and oxygen atoms in total. The maximum absolute atomic E-state index is 12.5. The highest BCUT2D eigenvalue weighted by Crippen LogP contribution is 2.44. The zero-order chi connectivity index (χ0) is 17.3. The third-order valence-electron chi connectivity index (χ3n) is 4.80. The summed E-state index contributed by atoms with van der Waals surface area (Å²) in [7, 11) is 0. The number of nitrogens with zero attached hydrogens (tertiary/aromatic N) is 2. The predicted molar refractivity (Wildman–Crippen MR) is 98.4 cm³/mol. The number of nitrogens with one attached hydrogen (secondary N) is 2. The van der Waals surface area contributed by atoms with Crippen LogP contribution < -0.4 is 10.6 Å². The molecule has 1 amide bonds. The van der Waals surface area contributed by atoms with Gasteiger partial charge in [0.1, 0.15) is 15.6 Å². The first kappa shape index (κ1) is 17.1. The minimum absolute atomic E-state index is 0.00437. The third kappa shape index (κ3) is 3.48. The van der Waals surface area contributed by atoms with Gasteiger partial charge in [-0.2, -0.15) is 0 Å². The lowest BCUT2D eigenvalue weighted by Crippen LogP contribution is -2.43. The van der Waals surface area contributed by atoms with E-state index in [0.717, 1.165) is 60.3 Å². The predicted octanol–water partition coefficient (Wildman–Crippen LogP) is 2.03. The number of rotatable bonds is 4. The highest BCUT2D eigenvalue weighted by Gasteiger charge is 2.41. The summed E-state index contributed by atoms with van der Waals surface area (Å²) in [6.45, 7) is 5.22.